The average molecular weight is 419 g/mol. The van der Waals surface area contributed by atoms with Crippen LogP contribution in [0.1, 0.15) is 28.9 Å². The maximum absolute atomic E-state index is 12.8. The lowest BCUT2D eigenvalue weighted by molar-refractivity contribution is 0.0997. The highest BCUT2D eigenvalue weighted by atomic mass is 16.5. The molecule has 0 aliphatic rings. The fraction of sp³-hybridized carbons (Fsp3) is 0.182. The summed E-state index contributed by atoms with van der Waals surface area (Å²) in [6, 6.07) is 14.3. The number of nitrogens with two attached hydrogens (primary N) is 1. The smallest absolute Gasteiger partial charge is 0.332 e. The predicted octanol–water partition coefficient (Wildman–Crippen LogP) is 1.98. The largest absolute Gasteiger partial charge is 0.497 e. The normalized spacial score (nSPS) is 12.1. The SMILES string of the molecule is COc1cccc(-n2c(=O)[nH]c3c(C(N)=O)nc(-c4cccc(C(C)CO)c4)nc32)c1. The van der Waals surface area contributed by atoms with Crippen molar-refractivity contribution in [3.8, 4) is 22.8 Å². The van der Waals surface area contributed by atoms with Gasteiger partial charge in [0.1, 0.15) is 11.3 Å². The van der Waals surface area contributed by atoms with Crippen LogP contribution in [0.3, 0.4) is 0 Å². The number of nitrogens with zero attached hydrogens (tertiary/aromatic N) is 3. The number of amides is 1. The van der Waals surface area contributed by atoms with Gasteiger partial charge in [-0.2, -0.15) is 0 Å². The zero-order valence-corrected chi connectivity index (χ0v) is 17.0. The van der Waals surface area contributed by atoms with Gasteiger partial charge in [0.2, 0.25) is 0 Å². The van der Waals surface area contributed by atoms with E-state index >= 15 is 0 Å². The summed E-state index contributed by atoms with van der Waals surface area (Å²) < 4.78 is 6.60. The van der Waals surface area contributed by atoms with E-state index in [1.54, 1.807) is 30.3 Å². The first-order valence-corrected chi connectivity index (χ1v) is 9.61. The molecule has 4 rings (SSSR count). The minimum atomic E-state index is -0.785. The van der Waals surface area contributed by atoms with Crippen LogP contribution in [-0.4, -0.2) is 44.2 Å². The molecule has 0 aliphatic carbocycles. The van der Waals surface area contributed by atoms with Crippen molar-refractivity contribution < 1.29 is 14.6 Å². The van der Waals surface area contributed by atoms with Crippen LogP contribution in [0.4, 0.5) is 0 Å². The second-order valence-corrected chi connectivity index (χ2v) is 7.13. The molecule has 0 saturated carbocycles. The second-order valence-electron chi connectivity index (χ2n) is 7.13. The van der Waals surface area contributed by atoms with E-state index in [1.165, 1.54) is 11.7 Å². The molecule has 1 atom stereocenters. The van der Waals surface area contributed by atoms with E-state index < -0.39 is 11.6 Å². The molecule has 9 nitrogen and oxygen atoms in total. The Balaban J connectivity index is 1.99. The third kappa shape index (κ3) is 3.66. The molecule has 9 heteroatoms. The lowest BCUT2D eigenvalue weighted by atomic mass is 9.99. The molecule has 2 aromatic carbocycles. The quantitative estimate of drug-likeness (QED) is 0.437. The van der Waals surface area contributed by atoms with Gasteiger partial charge in [0.15, 0.2) is 17.2 Å². The summed E-state index contributed by atoms with van der Waals surface area (Å²) in [5, 5.41) is 9.47. The van der Waals surface area contributed by atoms with E-state index in [1.807, 2.05) is 25.1 Å². The maximum Gasteiger partial charge on any atom is 0.332 e. The number of benzene rings is 2. The summed E-state index contributed by atoms with van der Waals surface area (Å²) >= 11 is 0. The fourth-order valence-corrected chi connectivity index (χ4v) is 3.37. The molecule has 31 heavy (non-hydrogen) atoms. The van der Waals surface area contributed by atoms with E-state index in [0.717, 1.165) is 5.56 Å². The zero-order valence-electron chi connectivity index (χ0n) is 17.0. The number of ether oxygens (including phenoxy) is 1. The lowest BCUT2D eigenvalue weighted by Crippen LogP contribution is -2.15. The Morgan fingerprint density at radius 3 is 2.71 bits per heavy atom. The molecular weight excluding hydrogens is 398 g/mol. The number of aliphatic hydroxyl groups is 1. The van der Waals surface area contributed by atoms with Crippen molar-refractivity contribution in [2.75, 3.05) is 13.7 Å². The summed E-state index contributed by atoms with van der Waals surface area (Å²) in [6.07, 6.45) is 0. The molecule has 0 bridgehead atoms. The van der Waals surface area contributed by atoms with Crippen LogP contribution in [0.15, 0.2) is 53.3 Å². The molecule has 1 amide bonds. The Hall–Kier alpha value is -3.98. The average Bonchev–Trinajstić information content (AvgIpc) is 3.13. The highest BCUT2D eigenvalue weighted by molar-refractivity contribution is 6.02. The van der Waals surface area contributed by atoms with Gasteiger partial charge in [0.05, 0.1) is 12.8 Å². The molecule has 0 radical (unpaired) electrons. The van der Waals surface area contributed by atoms with Gasteiger partial charge in [-0.25, -0.2) is 19.3 Å². The number of primary amides is 1. The van der Waals surface area contributed by atoms with Crippen molar-refractivity contribution >= 4 is 17.1 Å². The van der Waals surface area contributed by atoms with Crippen molar-refractivity contribution in [1.82, 2.24) is 19.5 Å². The zero-order chi connectivity index (χ0) is 22.1. The number of fused-ring (bicyclic) bond motifs is 1. The Labute approximate surface area is 177 Å². The van der Waals surface area contributed by atoms with Crippen LogP contribution in [0.2, 0.25) is 0 Å². The maximum atomic E-state index is 12.8. The highest BCUT2D eigenvalue weighted by Gasteiger charge is 2.20. The first kappa shape index (κ1) is 20.3. The van der Waals surface area contributed by atoms with E-state index in [2.05, 4.69) is 15.0 Å². The van der Waals surface area contributed by atoms with Gasteiger partial charge in [-0.1, -0.05) is 31.2 Å². The number of rotatable bonds is 6. The summed E-state index contributed by atoms with van der Waals surface area (Å²) in [7, 11) is 1.53. The minimum Gasteiger partial charge on any atom is -0.497 e. The van der Waals surface area contributed by atoms with Crippen LogP contribution in [-0.2, 0) is 0 Å². The van der Waals surface area contributed by atoms with Gasteiger partial charge in [-0.05, 0) is 23.8 Å². The number of H-pyrrole nitrogens is 1. The molecule has 4 aromatic rings. The lowest BCUT2D eigenvalue weighted by Gasteiger charge is -2.11. The Bertz CT molecular complexity index is 1340. The van der Waals surface area contributed by atoms with Gasteiger partial charge >= 0.3 is 5.69 Å². The standard InChI is InChI=1S/C22H21N5O4/c1-12(11-28)13-5-3-6-14(9-13)20-24-17(19(23)29)18-21(26-20)27(22(30)25-18)15-7-4-8-16(10-15)31-2/h3-10,12,28H,11H2,1-2H3,(H2,23,29)(H,25,30). The number of carbonyl (C=O) groups excluding carboxylic acids is 1. The molecule has 0 spiro atoms. The highest BCUT2D eigenvalue weighted by Crippen LogP contribution is 2.25. The minimum absolute atomic E-state index is 0.0108. The van der Waals surface area contributed by atoms with Crippen molar-refractivity contribution in [2.45, 2.75) is 12.8 Å². The number of aliphatic hydroxyl groups excluding tert-OH is 1. The third-order valence-electron chi connectivity index (χ3n) is 5.07. The van der Waals surface area contributed by atoms with E-state index in [-0.39, 0.29) is 35.2 Å². The van der Waals surface area contributed by atoms with Crippen molar-refractivity contribution in [3.05, 3.63) is 70.3 Å². The van der Waals surface area contributed by atoms with Gasteiger partial charge in [0.25, 0.3) is 5.91 Å². The van der Waals surface area contributed by atoms with E-state index in [9.17, 15) is 14.7 Å². The molecule has 2 aromatic heterocycles. The molecule has 2 heterocycles. The molecule has 0 saturated heterocycles. The van der Waals surface area contributed by atoms with Crippen LogP contribution in [0.5, 0.6) is 5.75 Å². The fourth-order valence-electron chi connectivity index (χ4n) is 3.37. The van der Waals surface area contributed by atoms with Crippen LogP contribution in [0.25, 0.3) is 28.2 Å². The van der Waals surface area contributed by atoms with E-state index in [4.69, 9.17) is 10.5 Å². The van der Waals surface area contributed by atoms with Gasteiger partial charge in [0, 0.05) is 24.2 Å². The van der Waals surface area contributed by atoms with Crippen molar-refractivity contribution in [1.29, 1.82) is 0 Å². The van der Waals surface area contributed by atoms with Crippen molar-refractivity contribution in [3.63, 3.8) is 0 Å². The Morgan fingerprint density at radius 1 is 1.23 bits per heavy atom. The number of imidazole rings is 1. The van der Waals surface area contributed by atoms with Crippen LogP contribution < -0.4 is 16.2 Å². The van der Waals surface area contributed by atoms with Crippen molar-refractivity contribution in [2.24, 2.45) is 5.73 Å². The number of aromatic amines is 1. The number of carbonyl (C=O) groups is 1. The summed E-state index contributed by atoms with van der Waals surface area (Å²) in [5.41, 5.74) is 7.40. The number of nitrogens with one attached hydrogen (secondary N) is 1. The first-order chi connectivity index (χ1) is 14.9. The summed E-state index contributed by atoms with van der Waals surface area (Å²) in [6.45, 7) is 1.88. The number of methoxy groups -OCH3 is 1. The monoisotopic (exact) mass is 419 g/mol. The predicted molar refractivity (Wildman–Crippen MR) is 115 cm³/mol. The topological polar surface area (TPSA) is 136 Å². The summed E-state index contributed by atoms with van der Waals surface area (Å²) in [4.78, 5) is 36.4. The number of hydrogen-bond acceptors (Lipinski definition) is 6. The first-order valence-electron chi connectivity index (χ1n) is 9.61. The molecule has 4 N–H and O–H groups in total. The number of aromatic nitrogens is 4. The van der Waals surface area contributed by atoms with Gasteiger partial charge in [-0.3, -0.25) is 4.79 Å². The third-order valence-corrected chi connectivity index (χ3v) is 5.07. The summed E-state index contributed by atoms with van der Waals surface area (Å²) in [5.74, 6) is -0.0631. The molecule has 1 unspecified atom stereocenters. The Morgan fingerprint density at radius 2 is 2.00 bits per heavy atom. The second kappa shape index (κ2) is 8.04. The van der Waals surface area contributed by atoms with Gasteiger partial charge in [-0.15, -0.1) is 0 Å². The van der Waals surface area contributed by atoms with E-state index in [0.29, 0.717) is 17.0 Å². The Kier molecular flexibility index (Phi) is 5.26. The van der Waals surface area contributed by atoms with Gasteiger partial charge < -0.3 is 20.6 Å². The van der Waals surface area contributed by atoms with Crippen LogP contribution in [0, 0.1) is 0 Å². The molecular formula is C22H21N5O4. The number of hydrogen-bond donors (Lipinski definition) is 3. The van der Waals surface area contributed by atoms with Crippen LogP contribution >= 0.6 is 0 Å². The molecule has 158 valence electrons. The molecule has 0 aliphatic heterocycles. The molecule has 0 fully saturated rings.